The summed E-state index contributed by atoms with van der Waals surface area (Å²) in [7, 11) is 0. The maximum absolute atomic E-state index is 10.8. The number of pyridine rings is 1. The number of rotatable bonds is 4. The first-order chi connectivity index (χ1) is 9.19. The highest BCUT2D eigenvalue weighted by Gasteiger charge is 2.05. The van der Waals surface area contributed by atoms with Gasteiger partial charge < -0.3 is 9.84 Å². The molecule has 1 aromatic carbocycles. The summed E-state index contributed by atoms with van der Waals surface area (Å²) in [5.41, 5.74) is 1.46. The van der Waals surface area contributed by atoms with Crippen molar-refractivity contribution >= 4 is 5.97 Å². The van der Waals surface area contributed by atoms with Crippen LogP contribution in [0.1, 0.15) is 21.5 Å². The van der Waals surface area contributed by atoms with E-state index in [0.717, 1.165) is 5.56 Å². The fraction of sp³-hybridized carbons (Fsp3) is 0.0714. The van der Waals surface area contributed by atoms with E-state index in [2.05, 4.69) is 4.98 Å². The van der Waals surface area contributed by atoms with E-state index in [9.17, 15) is 4.79 Å². The Balaban J connectivity index is 2.08. The van der Waals surface area contributed by atoms with Crippen LogP contribution in [-0.2, 0) is 6.61 Å². The lowest BCUT2D eigenvalue weighted by Crippen LogP contribution is -2.00. The summed E-state index contributed by atoms with van der Waals surface area (Å²) in [5.74, 6) is -0.674. The van der Waals surface area contributed by atoms with Gasteiger partial charge in [0.25, 0.3) is 0 Å². The maximum Gasteiger partial charge on any atom is 0.337 e. The Morgan fingerprint density at radius 3 is 2.95 bits per heavy atom. The number of nitriles is 1. The summed E-state index contributed by atoms with van der Waals surface area (Å²) >= 11 is 0. The molecule has 2 rings (SSSR count). The number of hydrogen-bond acceptors (Lipinski definition) is 4. The number of carbonyl (C=O) groups is 1. The second-order valence-electron chi connectivity index (χ2n) is 3.82. The first kappa shape index (κ1) is 12.6. The minimum Gasteiger partial charge on any atom is -0.487 e. The zero-order valence-corrected chi connectivity index (χ0v) is 9.91. The molecule has 0 fully saturated rings. The largest absolute Gasteiger partial charge is 0.487 e. The van der Waals surface area contributed by atoms with Crippen molar-refractivity contribution < 1.29 is 14.6 Å². The second-order valence-corrected chi connectivity index (χ2v) is 3.82. The van der Waals surface area contributed by atoms with Crippen molar-refractivity contribution in [1.29, 1.82) is 5.26 Å². The molecule has 0 unspecified atom stereocenters. The number of aromatic nitrogens is 1. The molecule has 2 aromatic rings. The Morgan fingerprint density at radius 2 is 2.21 bits per heavy atom. The smallest absolute Gasteiger partial charge is 0.337 e. The van der Waals surface area contributed by atoms with Gasteiger partial charge >= 0.3 is 5.97 Å². The van der Waals surface area contributed by atoms with E-state index in [1.807, 2.05) is 12.1 Å². The highest BCUT2D eigenvalue weighted by molar-refractivity contribution is 5.87. The van der Waals surface area contributed by atoms with Gasteiger partial charge in [0.15, 0.2) is 0 Å². The van der Waals surface area contributed by atoms with Crippen molar-refractivity contribution in [3.05, 3.63) is 59.4 Å². The average Bonchev–Trinajstić information content (AvgIpc) is 2.45. The summed E-state index contributed by atoms with van der Waals surface area (Å²) in [6.07, 6.45) is 2.70. The molecule has 0 saturated carbocycles. The molecule has 19 heavy (non-hydrogen) atoms. The van der Waals surface area contributed by atoms with Gasteiger partial charge in [0.2, 0.25) is 0 Å². The Hall–Kier alpha value is -2.87. The van der Waals surface area contributed by atoms with Gasteiger partial charge in [-0.3, -0.25) is 4.98 Å². The number of hydrogen-bond donors (Lipinski definition) is 1. The van der Waals surface area contributed by atoms with Crippen molar-refractivity contribution in [2.24, 2.45) is 0 Å². The van der Waals surface area contributed by atoms with Crippen molar-refractivity contribution in [1.82, 2.24) is 4.98 Å². The van der Waals surface area contributed by atoms with Gasteiger partial charge in [-0.1, -0.05) is 12.1 Å². The normalized spacial score (nSPS) is 9.63. The molecular weight excluding hydrogens is 244 g/mol. The van der Waals surface area contributed by atoms with Crippen LogP contribution in [0.2, 0.25) is 0 Å². The molecule has 0 radical (unpaired) electrons. The van der Waals surface area contributed by atoms with E-state index >= 15 is 0 Å². The second kappa shape index (κ2) is 5.65. The number of benzene rings is 1. The van der Waals surface area contributed by atoms with Crippen LogP contribution in [0.5, 0.6) is 5.75 Å². The Kier molecular flexibility index (Phi) is 3.74. The van der Waals surface area contributed by atoms with Crippen LogP contribution < -0.4 is 4.74 Å². The molecule has 94 valence electrons. The van der Waals surface area contributed by atoms with Crippen LogP contribution in [0.3, 0.4) is 0 Å². The van der Waals surface area contributed by atoms with Gasteiger partial charge in [-0.25, -0.2) is 4.79 Å². The average molecular weight is 254 g/mol. The lowest BCUT2D eigenvalue weighted by molar-refractivity contribution is 0.0696. The van der Waals surface area contributed by atoms with E-state index in [4.69, 9.17) is 15.1 Å². The van der Waals surface area contributed by atoms with E-state index in [1.54, 1.807) is 18.2 Å². The van der Waals surface area contributed by atoms with Crippen molar-refractivity contribution in [2.75, 3.05) is 0 Å². The van der Waals surface area contributed by atoms with Crippen molar-refractivity contribution in [2.45, 2.75) is 6.61 Å². The predicted molar refractivity (Wildman–Crippen MR) is 66.7 cm³/mol. The van der Waals surface area contributed by atoms with Gasteiger partial charge in [-0.2, -0.15) is 5.26 Å². The monoisotopic (exact) mass is 254 g/mol. The van der Waals surface area contributed by atoms with Gasteiger partial charge in [-0.05, 0) is 23.8 Å². The van der Waals surface area contributed by atoms with E-state index < -0.39 is 5.97 Å². The third-order valence-corrected chi connectivity index (χ3v) is 2.42. The summed E-state index contributed by atoms with van der Waals surface area (Å²) < 4.78 is 5.45. The van der Waals surface area contributed by atoms with Crippen LogP contribution in [0.25, 0.3) is 0 Å². The standard InChI is InChI=1S/C14H10N2O3/c15-6-10-2-1-3-11(4-10)9-19-13-5-12(14(17)18)7-16-8-13/h1-5,7-8H,9H2,(H,17,18). The lowest BCUT2D eigenvalue weighted by Gasteiger charge is -2.06. The molecular formula is C14H10N2O3. The minimum atomic E-state index is -1.05. The number of nitrogens with zero attached hydrogens (tertiary/aromatic N) is 2. The molecule has 0 spiro atoms. The zero-order chi connectivity index (χ0) is 13.7. The van der Waals surface area contributed by atoms with E-state index in [0.29, 0.717) is 11.3 Å². The van der Waals surface area contributed by atoms with Crippen LogP contribution >= 0.6 is 0 Å². The summed E-state index contributed by atoms with van der Waals surface area (Å²) in [4.78, 5) is 14.6. The Morgan fingerprint density at radius 1 is 1.37 bits per heavy atom. The van der Waals surface area contributed by atoms with Crippen LogP contribution in [0.15, 0.2) is 42.7 Å². The topological polar surface area (TPSA) is 83.2 Å². The zero-order valence-electron chi connectivity index (χ0n) is 9.91. The molecule has 0 aliphatic heterocycles. The summed E-state index contributed by atoms with van der Waals surface area (Å²) in [6, 6.07) is 10.5. The minimum absolute atomic E-state index is 0.0725. The molecule has 0 atom stereocenters. The highest BCUT2D eigenvalue weighted by atomic mass is 16.5. The molecule has 0 aliphatic rings. The summed E-state index contributed by atoms with van der Waals surface area (Å²) in [5, 5.41) is 17.6. The molecule has 5 nitrogen and oxygen atoms in total. The van der Waals surface area contributed by atoms with Crippen LogP contribution in [-0.4, -0.2) is 16.1 Å². The first-order valence-corrected chi connectivity index (χ1v) is 5.49. The summed E-state index contributed by atoms with van der Waals surface area (Å²) in [6.45, 7) is 0.250. The molecule has 1 heterocycles. The van der Waals surface area contributed by atoms with Gasteiger partial charge in [0.05, 0.1) is 23.4 Å². The quantitative estimate of drug-likeness (QED) is 0.904. The number of carboxylic acids is 1. The van der Waals surface area contributed by atoms with Crippen LogP contribution in [0, 0.1) is 11.3 Å². The fourth-order valence-electron chi connectivity index (χ4n) is 1.51. The predicted octanol–water partition coefficient (Wildman–Crippen LogP) is 2.23. The number of aromatic carboxylic acids is 1. The lowest BCUT2D eigenvalue weighted by atomic mass is 10.1. The molecule has 0 amide bonds. The van der Waals surface area contributed by atoms with Crippen molar-refractivity contribution in [3.8, 4) is 11.8 Å². The SMILES string of the molecule is N#Cc1cccc(COc2cncc(C(=O)O)c2)c1. The van der Waals surface area contributed by atoms with Gasteiger partial charge in [0.1, 0.15) is 12.4 Å². The number of ether oxygens (including phenoxy) is 1. The Labute approximate surface area is 109 Å². The van der Waals surface area contributed by atoms with Crippen molar-refractivity contribution in [3.63, 3.8) is 0 Å². The van der Waals surface area contributed by atoms with E-state index in [-0.39, 0.29) is 12.2 Å². The fourth-order valence-corrected chi connectivity index (χ4v) is 1.51. The van der Waals surface area contributed by atoms with Gasteiger partial charge in [-0.15, -0.1) is 0 Å². The maximum atomic E-state index is 10.8. The molecule has 0 saturated heterocycles. The van der Waals surface area contributed by atoms with Gasteiger partial charge in [0, 0.05) is 6.20 Å². The molecule has 1 aromatic heterocycles. The molecule has 1 N–H and O–H groups in total. The number of carboxylic acid groups (broad SMARTS) is 1. The highest BCUT2D eigenvalue weighted by Crippen LogP contribution is 2.14. The molecule has 5 heteroatoms. The molecule has 0 aliphatic carbocycles. The molecule has 0 bridgehead atoms. The Bertz CT molecular complexity index is 647. The third kappa shape index (κ3) is 3.30. The van der Waals surface area contributed by atoms with Crippen LogP contribution in [0.4, 0.5) is 0 Å². The van der Waals surface area contributed by atoms with E-state index in [1.165, 1.54) is 18.5 Å². The third-order valence-electron chi connectivity index (χ3n) is 2.42. The first-order valence-electron chi connectivity index (χ1n) is 5.49.